The number of nitrogens with zero attached hydrogens (tertiary/aromatic N) is 5. The maximum Gasteiger partial charge on any atom is 0.276 e. The third kappa shape index (κ3) is 5.62. The number of alkyl halides is 4. The van der Waals surface area contributed by atoms with Gasteiger partial charge in [-0.3, -0.25) is 19.8 Å². The van der Waals surface area contributed by atoms with Gasteiger partial charge in [0.05, 0.1) is 12.1 Å². The second-order valence-electron chi connectivity index (χ2n) is 10.4. The van der Waals surface area contributed by atoms with Crippen LogP contribution in [0.3, 0.4) is 0 Å². The van der Waals surface area contributed by atoms with Gasteiger partial charge < -0.3 is 10.2 Å². The Hall–Kier alpha value is -4.06. The fraction of sp³-hybridized carbons (Fsp3) is 0.357. The summed E-state index contributed by atoms with van der Waals surface area (Å²) < 4.78 is 54.3. The molecule has 0 saturated carbocycles. The van der Waals surface area contributed by atoms with Crippen molar-refractivity contribution in [2.24, 2.45) is 0 Å². The lowest BCUT2D eigenvalue weighted by Crippen LogP contribution is -2.38. The molecule has 1 aromatic carbocycles. The molecule has 2 N–H and O–H groups in total. The van der Waals surface area contributed by atoms with Gasteiger partial charge in [0, 0.05) is 86.7 Å². The largest absolute Gasteiger partial charge is 0.350 e. The highest BCUT2D eigenvalue weighted by atomic mass is 19.3. The van der Waals surface area contributed by atoms with Crippen LogP contribution in [0, 0.1) is 0 Å². The number of hydrogen-bond acceptors (Lipinski definition) is 6. The number of hydrogen-bond donors (Lipinski definition) is 2. The van der Waals surface area contributed by atoms with E-state index in [1.165, 1.54) is 11.1 Å². The van der Waals surface area contributed by atoms with Gasteiger partial charge in [-0.2, -0.15) is 5.10 Å². The summed E-state index contributed by atoms with van der Waals surface area (Å²) in [7, 11) is 0. The fourth-order valence-electron chi connectivity index (χ4n) is 5.19. The first-order valence-corrected chi connectivity index (χ1v) is 13.1. The van der Waals surface area contributed by atoms with E-state index in [0.29, 0.717) is 42.0 Å². The molecule has 8 nitrogen and oxygen atoms in total. The molecule has 4 aromatic rings. The third-order valence-corrected chi connectivity index (χ3v) is 7.40. The number of aromatic amines is 1. The lowest BCUT2D eigenvalue weighted by Gasteiger charge is -2.31. The molecule has 0 atom stereocenters. The normalized spacial score (nSPS) is 18.8. The van der Waals surface area contributed by atoms with Crippen molar-refractivity contribution < 1.29 is 22.4 Å². The minimum atomic E-state index is -2.76. The van der Waals surface area contributed by atoms with Crippen molar-refractivity contribution in [3.8, 4) is 11.1 Å². The molecule has 0 unspecified atom stereocenters. The standard InChI is InChI=1S/C28H27F4N7O/c29-27(30)4-8-38(9-5-27)16-18-11-20(15-33-14-18)19-1-2-23-22(12-19)25(37-36-23)26(40)35-21-3-7-34-24(13-21)39-10-6-28(31,32)17-39/h1-3,7,11-15H,4-6,8-10,16-17H2,(H,36,37)(H,34,35,40). The van der Waals surface area contributed by atoms with Crippen LogP contribution in [0.25, 0.3) is 22.0 Å². The monoisotopic (exact) mass is 553 g/mol. The molecule has 6 rings (SSSR count). The van der Waals surface area contributed by atoms with Crippen LogP contribution >= 0.6 is 0 Å². The number of fused-ring (bicyclic) bond motifs is 1. The van der Waals surface area contributed by atoms with Gasteiger partial charge in [-0.25, -0.2) is 22.5 Å². The van der Waals surface area contributed by atoms with E-state index < -0.39 is 24.3 Å². The molecular formula is C28H27F4N7O. The molecule has 0 radical (unpaired) electrons. The van der Waals surface area contributed by atoms with E-state index in [4.69, 9.17) is 0 Å². The summed E-state index contributed by atoms with van der Waals surface area (Å²) in [6.07, 6.45) is 4.40. The molecule has 40 heavy (non-hydrogen) atoms. The van der Waals surface area contributed by atoms with Crippen molar-refractivity contribution in [3.63, 3.8) is 0 Å². The minimum absolute atomic E-state index is 0.142. The van der Waals surface area contributed by atoms with Crippen LogP contribution in [-0.2, 0) is 6.54 Å². The summed E-state index contributed by atoms with van der Waals surface area (Å²) in [6.45, 7) is 0.976. The third-order valence-electron chi connectivity index (χ3n) is 7.40. The van der Waals surface area contributed by atoms with Gasteiger partial charge in [-0.05, 0) is 35.4 Å². The van der Waals surface area contributed by atoms with Gasteiger partial charge >= 0.3 is 0 Å². The Bertz CT molecular complexity index is 1550. The summed E-state index contributed by atoms with van der Waals surface area (Å²) in [4.78, 5) is 25.2. The zero-order valence-electron chi connectivity index (χ0n) is 21.5. The molecule has 3 aromatic heterocycles. The van der Waals surface area contributed by atoms with E-state index in [-0.39, 0.29) is 31.5 Å². The summed E-state index contributed by atoms with van der Waals surface area (Å²) >= 11 is 0. The number of benzene rings is 1. The number of amides is 1. The molecule has 1 amide bonds. The molecule has 0 spiro atoms. The van der Waals surface area contributed by atoms with E-state index in [1.54, 1.807) is 24.5 Å². The van der Waals surface area contributed by atoms with Crippen molar-refractivity contribution in [2.75, 3.05) is 36.4 Å². The van der Waals surface area contributed by atoms with Crippen LogP contribution in [0.5, 0.6) is 0 Å². The molecule has 0 aliphatic carbocycles. The van der Waals surface area contributed by atoms with E-state index in [1.807, 2.05) is 29.2 Å². The number of nitrogens with one attached hydrogen (secondary N) is 2. The second kappa shape index (κ2) is 10.2. The molecule has 2 aliphatic heterocycles. The maximum atomic E-state index is 13.7. The first-order valence-electron chi connectivity index (χ1n) is 13.1. The Morgan fingerprint density at radius 2 is 1.75 bits per heavy atom. The van der Waals surface area contributed by atoms with Crippen LogP contribution in [-0.4, -0.2) is 69.0 Å². The van der Waals surface area contributed by atoms with Gasteiger partial charge in [-0.15, -0.1) is 0 Å². The molecule has 12 heteroatoms. The van der Waals surface area contributed by atoms with Crippen LogP contribution in [0.4, 0.5) is 29.1 Å². The number of rotatable bonds is 6. The van der Waals surface area contributed by atoms with E-state index in [2.05, 4.69) is 25.5 Å². The SMILES string of the molecule is O=C(Nc1ccnc(N2CCC(F)(F)C2)c1)c1n[nH]c2ccc(-c3cncc(CN4CCC(F)(F)CC4)c3)cc12. The molecule has 2 aliphatic rings. The first kappa shape index (κ1) is 26.2. The van der Waals surface area contributed by atoms with Crippen molar-refractivity contribution in [2.45, 2.75) is 37.7 Å². The predicted molar refractivity (Wildman–Crippen MR) is 143 cm³/mol. The summed E-state index contributed by atoms with van der Waals surface area (Å²) in [5.41, 5.74) is 3.84. The van der Waals surface area contributed by atoms with Crippen LogP contribution in [0.1, 0.15) is 35.3 Å². The quantitative estimate of drug-likeness (QED) is 0.313. The van der Waals surface area contributed by atoms with Crippen LogP contribution in [0.2, 0.25) is 0 Å². The second-order valence-corrected chi connectivity index (χ2v) is 10.4. The van der Waals surface area contributed by atoms with Gasteiger partial charge in [0.1, 0.15) is 5.82 Å². The number of likely N-dealkylation sites (tertiary alicyclic amines) is 1. The summed E-state index contributed by atoms with van der Waals surface area (Å²) in [5.74, 6) is -5.44. The Balaban J connectivity index is 1.19. The minimum Gasteiger partial charge on any atom is -0.350 e. The van der Waals surface area contributed by atoms with Gasteiger partial charge in [-0.1, -0.05) is 6.07 Å². The molecule has 5 heterocycles. The van der Waals surface area contributed by atoms with Crippen molar-refractivity contribution in [1.82, 2.24) is 25.1 Å². The molecular weight excluding hydrogens is 526 g/mol. The molecule has 0 bridgehead atoms. The smallest absolute Gasteiger partial charge is 0.276 e. The van der Waals surface area contributed by atoms with E-state index in [0.717, 1.165) is 16.7 Å². The highest BCUT2D eigenvalue weighted by molar-refractivity contribution is 6.11. The lowest BCUT2D eigenvalue weighted by molar-refractivity contribution is -0.0566. The lowest BCUT2D eigenvalue weighted by atomic mass is 10.0. The number of H-pyrrole nitrogens is 1. The fourth-order valence-corrected chi connectivity index (χ4v) is 5.19. The number of halogens is 4. The Morgan fingerprint density at radius 1 is 0.950 bits per heavy atom. The average molecular weight is 554 g/mol. The summed E-state index contributed by atoms with van der Waals surface area (Å²) in [5, 5.41) is 10.5. The number of anilines is 2. The molecule has 208 valence electrons. The predicted octanol–water partition coefficient (Wildman–Crippen LogP) is 5.35. The number of pyridine rings is 2. The first-order chi connectivity index (χ1) is 19.1. The zero-order valence-corrected chi connectivity index (χ0v) is 21.5. The Kier molecular flexibility index (Phi) is 6.65. The van der Waals surface area contributed by atoms with Gasteiger partial charge in [0.25, 0.3) is 17.8 Å². The van der Waals surface area contributed by atoms with Crippen molar-refractivity contribution in [1.29, 1.82) is 0 Å². The van der Waals surface area contributed by atoms with Gasteiger partial charge in [0.15, 0.2) is 5.69 Å². The number of carbonyl (C=O) groups excluding carboxylic acids is 1. The Labute approximate surface area is 227 Å². The number of piperidine rings is 1. The Morgan fingerprint density at radius 3 is 2.52 bits per heavy atom. The summed E-state index contributed by atoms with van der Waals surface area (Å²) in [6, 6.07) is 10.7. The van der Waals surface area contributed by atoms with Crippen LogP contribution < -0.4 is 10.2 Å². The topological polar surface area (TPSA) is 90.0 Å². The van der Waals surface area contributed by atoms with Crippen LogP contribution in [0.15, 0.2) is 55.0 Å². The number of carbonyl (C=O) groups is 1. The maximum absolute atomic E-state index is 13.7. The molecule has 2 fully saturated rings. The highest BCUT2D eigenvalue weighted by Gasteiger charge is 2.39. The zero-order chi connectivity index (χ0) is 27.9. The average Bonchev–Trinajstić information content (AvgIpc) is 3.53. The van der Waals surface area contributed by atoms with E-state index in [9.17, 15) is 22.4 Å². The van der Waals surface area contributed by atoms with Crippen molar-refractivity contribution >= 4 is 28.3 Å². The molecule has 2 saturated heterocycles. The number of aromatic nitrogens is 4. The van der Waals surface area contributed by atoms with E-state index >= 15 is 0 Å². The van der Waals surface area contributed by atoms with Crippen molar-refractivity contribution in [3.05, 3.63) is 66.2 Å². The highest BCUT2D eigenvalue weighted by Crippen LogP contribution is 2.32. The van der Waals surface area contributed by atoms with Gasteiger partial charge in [0.2, 0.25) is 0 Å².